The lowest BCUT2D eigenvalue weighted by atomic mass is 10.1. The van der Waals surface area contributed by atoms with Gasteiger partial charge in [0.1, 0.15) is 17.1 Å². The minimum atomic E-state index is -0.712. The van der Waals surface area contributed by atoms with E-state index in [2.05, 4.69) is 15.4 Å². The molecule has 3 aromatic carbocycles. The summed E-state index contributed by atoms with van der Waals surface area (Å²) in [6.45, 7) is 0.227. The molecule has 4 aromatic rings. The molecule has 0 atom stereocenters. The van der Waals surface area contributed by atoms with Crippen LogP contribution in [0.5, 0.6) is 5.75 Å². The summed E-state index contributed by atoms with van der Waals surface area (Å²) in [5.41, 5.74) is 0.900. The highest BCUT2D eigenvalue weighted by Crippen LogP contribution is 2.24. The van der Waals surface area contributed by atoms with E-state index in [-0.39, 0.29) is 35.4 Å². The Morgan fingerprint density at radius 3 is 2.45 bits per heavy atom. The van der Waals surface area contributed by atoms with Crippen molar-refractivity contribution in [1.29, 1.82) is 0 Å². The highest BCUT2D eigenvalue weighted by Gasteiger charge is 2.25. The lowest BCUT2D eigenvalue weighted by Crippen LogP contribution is -2.18. The Morgan fingerprint density at radius 2 is 1.79 bits per heavy atom. The van der Waals surface area contributed by atoms with Gasteiger partial charge in [0.05, 0.1) is 12.0 Å². The molecule has 0 aliphatic heterocycles. The Hall–Kier alpha value is -4.60. The molecule has 0 bridgehead atoms. The van der Waals surface area contributed by atoms with Gasteiger partial charge in [-0.25, -0.2) is 4.39 Å². The number of nitro groups is 1. The van der Waals surface area contributed by atoms with Crippen molar-refractivity contribution in [3.63, 3.8) is 0 Å². The van der Waals surface area contributed by atoms with E-state index < -0.39 is 10.8 Å². The second-order valence-electron chi connectivity index (χ2n) is 6.96. The van der Waals surface area contributed by atoms with Crippen molar-refractivity contribution in [3.8, 4) is 17.1 Å². The summed E-state index contributed by atoms with van der Waals surface area (Å²) in [7, 11) is 1.55. The summed E-state index contributed by atoms with van der Waals surface area (Å²) in [4.78, 5) is 28.5. The number of carbonyl (C=O) groups excluding carboxylic acids is 1. The number of nitro benzene ring substituents is 1. The number of benzene rings is 3. The first-order valence-corrected chi connectivity index (χ1v) is 9.84. The largest absolute Gasteiger partial charge is 0.497 e. The normalized spacial score (nSPS) is 10.6. The molecular formula is C23H18FN5O4. The Balaban J connectivity index is 1.73. The van der Waals surface area contributed by atoms with Crippen LogP contribution in [0.25, 0.3) is 11.4 Å². The van der Waals surface area contributed by atoms with Crippen molar-refractivity contribution in [2.24, 2.45) is 0 Å². The standard InChI is InChI=1S/C23H18FN5O4/c1-33-18-12-8-16(9-13-18)21-26-23(25-14-15-6-10-17(24)11-7-15)28(27-21)22(30)19-4-2-3-5-20(19)29(31)32/h2-13H,14H2,1H3,(H,25,26,27). The molecule has 0 saturated carbocycles. The second kappa shape index (κ2) is 9.27. The maximum Gasteiger partial charge on any atom is 0.288 e. The molecule has 0 fully saturated rings. The molecular weight excluding hydrogens is 429 g/mol. The second-order valence-corrected chi connectivity index (χ2v) is 6.96. The Morgan fingerprint density at radius 1 is 1.09 bits per heavy atom. The van der Waals surface area contributed by atoms with E-state index in [1.807, 2.05) is 0 Å². The summed E-state index contributed by atoms with van der Waals surface area (Å²) >= 11 is 0. The maximum absolute atomic E-state index is 13.2. The number of para-hydroxylation sites is 1. The third-order valence-electron chi connectivity index (χ3n) is 4.84. The van der Waals surface area contributed by atoms with Gasteiger partial charge in [-0.15, -0.1) is 5.10 Å². The van der Waals surface area contributed by atoms with Gasteiger partial charge >= 0.3 is 0 Å². The van der Waals surface area contributed by atoms with E-state index in [0.29, 0.717) is 11.3 Å². The molecule has 0 spiro atoms. The van der Waals surface area contributed by atoms with Crippen molar-refractivity contribution in [2.75, 3.05) is 12.4 Å². The Kier molecular flexibility index (Phi) is 6.07. The van der Waals surface area contributed by atoms with E-state index in [0.717, 1.165) is 10.2 Å². The van der Waals surface area contributed by atoms with Crippen LogP contribution in [0.2, 0.25) is 0 Å². The van der Waals surface area contributed by atoms with Crippen molar-refractivity contribution < 1.29 is 18.8 Å². The van der Waals surface area contributed by atoms with Crippen LogP contribution in [-0.2, 0) is 6.54 Å². The van der Waals surface area contributed by atoms with E-state index >= 15 is 0 Å². The van der Waals surface area contributed by atoms with Crippen LogP contribution in [-0.4, -0.2) is 32.7 Å². The molecule has 0 radical (unpaired) electrons. The minimum Gasteiger partial charge on any atom is -0.497 e. The SMILES string of the molecule is COc1ccc(-c2nc(NCc3ccc(F)cc3)n(C(=O)c3ccccc3[N+](=O)[O-])n2)cc1. The molecule has 33 heavy (non-hydrogen) atoms. The van der Waals surface area contributed by atoms with Gasteiger partial charge in [-0.1, -0.05) is 24.3 Å². The van der Waals surface area contributed by atoms with Crippen LogP contribution >= 0.6 is 0 Å². The number of nitrogens with one attached hydrogen (secondary N) is 1. The summed E-state index contributed by atoms with van der Waals surface area (Å²) in [6, 6.07) is 18.4. The Labute approximate surface area is 187 Å². The zero-order chi connectivity index (χ0) is 23.4. The average Bonchev–Trinajstić information content (AvgIpc) is 3.27. The van der Waals surface area contributed by atoms with Crippen molar-refractivity contribution in [3.05, 3.63) is 99.9 Å². The third kappa shape index (κ3) is 4.69. The maximum atomic E-state index is 13.2. The molecule has 10 heteroatoms. The van der Waals surface area contributed by atoms with Crippen LogP contribution in [0, 0.1) is 15.9 Å². The molecule has 4 rings (SSSR count). The zero-order valence-corrected chi connectivity index (χ0v) is 17.4. The topological polar surface area (TPSA) is 112 Å². The van der Waals surface area contributed by atoms with Crippen LogP contribution < -0.4 is 10.1 Å². The lowest BCUT2D eigenvalue weighted by molar-refractivity contribution is -0.385. The molecule has 1 aromatic heterocycles. The van der Waals surface area contributed by atoms with E-state index in [4.69, 9.17) is 4.74 Å². The van der Waals surface area contributed by atoms with Gasteiger partial charge in [0, 0.05) is 18.2 Å². The monoisotopic (exact) mass is 447 g/mol. The number of halogens is 1. The van der Waals surface area contributed by atoms with Crippen LogP contribution in [0.15, 0.2) is 72.8 Å². The fraction of sp³-hybridized carbons (Fsp3) is 0.0870. The number of carbonyl (C=O) groups is 1. The van der Waals surface area contributed by atoms with Gasteiger partial charge in [-0.05, 0) is 48.0 Å². The van der Waals surface area contributed by atoms with Crippen molar-refractivity contribution in [2.45, 2.75) is 6.54 Å². The van der Waals surface area contributed by atoms with Crippen molar-refractivity contribution >= 4 is 17.5 Å². The number of nitrogens with zero attached hydrogens (tertiary/aromatic N) is 4. The molecule has 0 aliphatic rings. The smallest absolute Gasteiger partial charge is 0.288 e. The summed E-state index contributed by atoms with van der Waals surface area (Å²) < 4.78 is 19.4. The number of ether oxygens (including phenoxy) is 1. The third-order valence-corrected chi connectivity index (χ3v) is 4.84. The van der Waals surface area contributed by atoms with Crippen molar-refractivity contribution in [1.82, 2.24) is 14.8 Å². The first kappa shape index (κ1) is 21.6. The van der Waals surface area contributed by atoms with Gasteiger partial charge < -0.3 is 10.1 Å². The molecule has 0 saturated heterocycles. The molecule has 166 valence electrons. The predicted octanol–water partition coefficient (Wildman–Crippen LogP) is 4.30. The first-order chi connectivity index (χ1) is 16.0. The summed E-state index contributed by atoms with van der Waals surface area (Å²) in [5.74, 6) is -0.102. The van der Waals surface area contributed by atoms with Crippen LogP contribution in [0.1, 0.15) is 15.9 Å². The molecule has 0 aliphatic carbocycles. The molecule has 0 unspecified atom stereocenters. The number of hydrogen-bond acceptors (Lipinski definition) is 7. The molecule has 1 N–H and O–H groups in total. The number of hydrogen-bond donors (Lipinski definition) is 1. The predicted molar refractivity (Wildman–Crippen MR) is 119 cm³/mol. The van der Waals surface area contributed by atoms with E-state index in [1.54, 1.807) is 43.5 Å². The summed E-state index contributed by atoms with van der Waals surface area (Å²) in [5, 5.41) is 18.7. The van der Waals surface area contributed by atoms with Gasteiger partial charge in [-0.3, -0.25) is 14.9 Å². The Bertz CT molecular complexity index is 1300. The molecule has 0 amide bonds. The fourth-order valence-corrected chi connectivity index (χ4v) is 3.14. The van der Waals surface area contributed by atoms with E-state index in [1.165, 1.54) is 36.4 Å². The minimum absolute atomic E-state index is 0.0910. The zero-order valence-electron chi connectivity index (χ0n) is 17.4. The average molecular weight is 447 g/mol. The molecule has 9 nitrogen and oxygen atoms in total. The van der Waals surface area contributed by atoms with Gasteiger partial charge in [-0.2, -0.15) is 9.67 Å². The van der Waals surface area contributed by atoms with Crippen LogP contribution in [0.3, 0.4) is 0 Å². The number of aromatic nitrogens is 3. The highest BCUT2D eigenvalue weighted by molar-refractivity contribution is 6.00. The van der Waals surface area contributed by atoms with Crippen LogP contribution in [0.4, 0.5) is 16.0 Å². The first-order valence-electron chi connectivity index (χ1n) is 9.84. The number of methoxy groups -OCH3 is 1. The number of anilines is 1. The van der Waals surface area contributed by atoms with Gasteiger partial charge in [0.15, 0.2) is 5.82 Å². The summed E-state index contributed by atoms with van der Waals surface area (Å²) in [6.07, 6.45) is 0. The quantitative estimate of drug-likeness (QED) is 0.332. The lowest BCUT2D eigenvalue weighted by Gasteiger charge is -2.07. The molecule has 1 heterocycles. The fourth-order valence-electron chi connectivity index (χ4n) is 3.14. The van der Waals surface area contributed by atoms with Gasteiger partial charge in [0.2, 0.25) is 5.95 Å². The highest BCUT2D eigenvalue weighted by atomic mass is 19.1. The van der Waals surface area contributed by atoms with Gasteiger partial charge in [0.25, 0.3) is 11.6 Å². The van der Waals surface area contributed by atoms with E-state index in [9.17, 15) is 19.3 Å². The number of rotatable bonds is 7.